The second-order valence-electron chi connectivity index (χ2n) is 6.46. The molecule has 1 unspecified atom stereocenters. The maximum Gasteiger partial charge on any atom is 0.182 e. The lowest BCUT2D eigenvalue weighted by atomic mass is 9.84. The Hall–Kier alpha value is -0.120. The van der Waals surface area contributed by atoms with Gasteiger partial charge < -0.3 is 9.47 Å². The van der Waals surface area contributed by atoms with Crippen molar-refractivity contribution in [2.45, 2.75) is 58.9 Å². The third kappa shape index (κ3) is 2.13. The highest BCUT2D eigenvalue weighted by Crippen LogP contribution is 2.42. The molecule has 0 amide bonds. The molecule has 0 aromatic heterocycles. The number of ether oxygens (including phenoxy) is 2. The Labute approximate surface area is 99.1 Å². The first kappa shape index (κ1) is 12.3. The SMILES string of the molecule is CC(C)N1CC2(CC1C(C)(C)C)OCCO2. The molecule has 0 aromatic rings. The van der Waals surface area contributed by atoms with E-state index in [1.165, 1.54) is 0 Å². The minimum absolute atomic E-state index is 0.281. The highest BCUT2D eigenvalue weighted by molar-refractivity contribution is 4.99. The second kappa shape index (κ2) is 3.97. The first-order valence-corrected chi connectivity index (χ1v) is 6.38. The van der Waals surface area contributed by atoms with Gasteiger partial charge in [0.1, 0.15) is 0 Å². The number of hydrogen-bond donors (Lipinski definition) is 0. The van der Waals surface area contributed by atoms with E-state index in [9.17, 15) is 0 Å². The molecular formula is C13H25NO2. The lowest BCUT2D eigenvalue weighted by Gasteiger charge is -2.36. The van der Waals surface area contributed by atoms with Crippen LogP contribution in [-0.2, 0) is 9.47 Å². The van der Waals surface area contributed by atoms with Gasteiger partial charge in [0.25, 0.3) is 0 Å². The Balaban J connectivity index is 2.17. The standard InChI is InChI=1S/C13H25NO2/c1-10(2)14-9-13(15-6-7-16-13)8-11(14)12(3,4)5/h10-11H,6-9H2,1-5H3. The van der Waals surface area contributed by atoms with Crippen LogP contribution in [0.5, 0.6) is 0 Å². The Bertz CT molecular complexity index is 251. The molecule has 1 spiro atoms. The van der Waals surface area contributed by atoms with Crippen LogP contribution in [-0.4, -0.2) is 42.5 Å². The minimum atomic E-state index is -0.303. The molecule has 94 valence electrons. The summed E-state index contributed by atoms with van der Waals surface area (Å²) in [7, 11) is 0. The van der Waals surface area contributed by atoms with E-state index in [1.54, 1.807) is 0 Å². The molecule has 0 saturated carbocycles. The summed E-state index contributed by atoms with van der Waals surface area (Å²) in [6.45, 7) is 13.9. The molecule has 0 aromatic carbocycles. The highest BCUT2D eigenvalue weighted by Gasteiger charge is 2.52. The second-order valence-corrected chi connectivity index (χ2v) is 6.46. The summed E-state index contributed by atoms with van der Waals surface area (Å²) in [5, 5.41) is 0. The normalized spacial score (nSPS) is 30.8. The van der Waals surface area contributed by atoms with E-state index in [-0.39, 0.29) is 11.2 Å². The molecule has 0 radical (unpaired) electrons. The fourth-order valence-electron chi connectivity index (χ4n) is 2.92. The molecule has 0 N–H and O–H groups in total. The van der Waals surface area contributed by atoms with Crippen molar-refractivity contribution < 1.29 is 9.47 Å². The molecule has 2 fully saturated rings. The van der Waals surface area contributed by atoms with Crippen molar-refractivity contribution in [3.8, 4) is 0 Å². The third-order valence-electron chi connectivity index (χ3n) is 3.80. The lowest BCUT2D eigenvalue weighted by molar-refractivity contribution is -0.147. The van der Waals surface area contributed by atoms with E-state index in [2.05, 4.69) is 39.5 Å². The van der Waals surface area contributed by atoms with E-state index < -0.39 is 0 Å². The maximum absolute atomic E-state index is 5.84. The molecular weight excluding hydrogens is 202 g/mol. The average Bonchev–Trinajstić information content (AvgIpc) is 2.73. The van der Waals surface area contributed by atoms with Crippen molar-refractivity contribution >= 4 is 0 Å². The van der Waals surface area contributed by atoms with Crippen LogP contribution in [0.2, 0.25) is 0 Å². The molecule has 2 saturated heterocycles. The Kier molecular flexibility index (Phi) is 3.06. The molecule has 1 atom stereocenters. The monoisotopic (exact) mass is 227 g/mol. The Morgan fingerprint density at radius 3 is 2.12 bits per heavy atom. The van der Waals surface area contributed by atoms with Crippen LogP contribution in [0, 0.1) is 5.41 Å². The molecule has 2 aliphatic heterocycles. The Morgan fingerprint density at radius 2 is 1.75 bits per heavy atom. The van der Waals surface area contributed by atoms with Crippen LogP contribution in [0.25, 0.3) is 0 Å². The predicted octanol–water partition coefficient (Wildman–Crippen LogP) is 2.26. The lowest BCUT2D eigenvalue weighted by Crippen LogP contribution is -2.43. The van der Waals surface area contributed by atoms with Gasteiger partial charge in [0.2, 0.25) is 0 Å². The molecule has 3 heteroatoms. The number of hydrogen-bond acceptors (Lipinski definition) is 3. The summed E-state index contributed by atoms with van der Waals surface area (Å²) in [6.07, 6.45) is 1.01. The van der Waals surface area contributed by atoms with Crippen molar-refractivity contribution in [1.82, 2.24) is 4.90 Å². The summed E-state index contributed by atoms with van der Waals surface area (Å²) >= 11 is 0. The zero-order valence-electron chi connectivity index (χ0n) is 11.2. The summed E-state index contributed by atoms with van der Waals surface area (Å²) in [6, 6.07) is 1.10. The fourth-order valence-corrected chi connectivity index (χ4v) is 2.92. The van der Waals surface area contributed by atoms with Crippen LogP contribution in [0.1, 0.15) is 41.0 Å². The van der Waals surface area contributed by atoms with Gasteiger partial charge in [-0.3, -0.25) is 4.90 Å². The van der Waals surface area contributed by atoms with Gasteiger partial charge in [-0.05, 0) is 19.3 Å². The van der Waals surface area contributed by atoms with Crippen LogP contribution < -0.4 is 0 Å². The van der Waals surface area contributed by atoms with Crippen LogP contribution in [0.4, 0.5) is 0 Å². The Morgan fingerprint density at radius 1 is 1.19 bits per heavy atom. The first-order chi connectivity index (χ1) is 7.34. The molecule has 0 aliphatic carbocycles. The van der Waals surface area contributed by atoms with Crippen molar-refractivity contribution in [3.05, 3.63) is 0 Å². The minimum Gasteiger partial charge on any atom is -0.346 e. The van der Waals surface area contributed by atoms with E-state index in [0.29, 0.717) is 12.1 Å². The number of rotatable bonds is 1. The smallest absolute Gasteiger partial charge is 0.182 e. The van der Waals surface area contributed by atoms with E-state index in [4.69, 9.17) is 9.47 Å². The summed E-state index contributed by atoms with van der Waals surface area (Å²) in [5.74, 6) is -0.303. The highest BCUT2D eigenvalue weighted by atomic mass is 16.7. The molecule has 2 heterocycles. The van der Waals surface area contributed by atoms with Gasteiger partial charge in [-0.25, -0.2) is 0 Å². The molecule has 0 bridgehead atoms. The van der Waals surface area contributed by atoms with E-state index >= 15 is 0 Å². The summed E-state index contributed by atoms with van der Waals surface area (Å²) in [5.41, 5.74) is 0.281. The van der Waals surface area contributed by atoms with Gasteiger partial charge in [0.05, 0.1) is 19.8 Å². The summed E-state index contributed by atoms with van der Waals surface area (Å²) < 4.78 is 11.7. The first-order valence-electron chi connectivity index (χ1n) is 6.38. The largest absolute Gasteiger partial charge is 0.346 e. The van der Waals surface area contributed by atoms with Gasteiger partial charge in [-0.1, -0.05) is 20.8 Å². The zero-order valence-corrected chi connectivity index (χ0v) is 11.2. The third-order valence-corrected chi connectivity index (χ3v) is 3.80. The van der Waals surface area contributed by atoms with Crippen molar-refractivity contribution in [2.24, 2.45) is 5.41 Å². The van der Waals surface area contributed by atoms with E-state index in [0.717, 1.165) is 26.2 Å². The predicted molar refractivity (Wildman–Crippen MR) is 64.3 cm³/mol. The molecule has 16 heavy (non-hydrogen) atoms. The molecule has 3 nitrogen and oxygen atoms in total. The van der Waals surface area contributed by atoms with Gasteiger partial charge in [0, 0.05) is 18.5 Å². The quantitative estimate of drug-likeness (QED) is 0.686. The maximum atomic E-state index is 5.84. The fraction of sp³-hybridized carbons (Fsp3) is 1.00. The summed E-state index contributed by atoms with van der Waals surface area (Å²) in [4.78, 5) is 2.53. The number of nitrogens with zero attached hydrogens (tertiary/aromatic N) is 1. The van der Waals surface area contributed by atoms with Gasteiger partial charge in [0.15, 0.2) is 5.79 Å². The van der Waals surface area contributed by atoms with Crippen molar-refractivity contribution in [2.75, 3.05) is 19.8 Å². The van der Waals surface area contributed by atoms with E-state index in [1.807, 2.05) is 0 Å². The van der Waals surface area contributed by atoms with Crippen molar-refractivity contribution in [1.29, 1.82) is 0 Å². The van der Waals surface area contributed by atoms with Crippen LogP contribution in [0.3, 0.4) is 0 Å². The zero-order chi connectivity index (χ0) is 12.0. The number of likely N-dealkylation sites (tertiary alicyclic amines) is 1. The van der Waals surface area contributed by atoms with Crippen LogP contribution >= 0.6 is 0 Å². The molecule has 2 rings (SSSR count). The van der Waals surface area contributed by atoms with Gasteiger partial charge in [-0.15, -0.1) is 0 Å². The van der Waals surface area contributed by atoms with Crippen molar-refractivity contribution in [3.63, 3.8) is 0 Å². The molecule has 2 aliphatic rings. The van der Waals surface area contributed by atoms with Gasteiger partial charge >= 0.3 is 0 Å². The average molecular weight is 227 g/mol. The van der Waals surface area contributed by atoms with Crippen LogP contribution in [0.15, 0.2) is 0 Å². The topological polar surface area (TPSA) is 21.7 Å². The van der Waals surface area contributed by atoms with Gasteiger partial charge in [-0.2, -0.15) is 0 Å².